The summed E-state index contributed by atoms with van der Waals surface area (Å²) in [4.78, 5) is 31.4. The molecule has 0 amide bonds. The van der Waals surface area contributed by atoms with Crippen LogP contribution in [0.3, 0.4) is 0 Å². The predicted molar refractivity (Wildman–Crippen MR) is 101 cm³/mol. The van der Waals surface area contributed by atoms with E-state index in [1.165, 1.54) is 11.0 Å². The maximum absolute atomic E-state index is 12.2. The van der Waals surface area contributed by atoms with E-state index in [0.29, 0.717) is 17.1 Å². The van der Waals surface area contributed by atoms with Gasteiger partial charge < -0.3 is 10.1 Å². The van der Waals surface area contributed by atoms with Gasteiger partial charge in [0.25, 0.3) is 0 Å². The van der Waals surface area contributed by atoms with Crippen LogP contribution in [-0.4, -0.2) is 37.2 Å². The highest BCUT2D eigenvalue weighted by molar-refractivity contribution is 5.96. The number of nitrogens with zero attached hydrogens (tertiary/aromatic N) is 5. The highest BCUT2D eigenvalue weighted by atomic mass is 16.6. The minimum absolute atomic E-state index is 0.0294. The molecule has 0 bridgehead atoms. The van der Waals surface area contributed by atoms with Crippen molar-refractivity contribution in [1.29, 1.82) is 0 Å². The topological polar surface area (TPSA) is 125 Å². The van der Waals surface area contributed by atoms with Crippen LogP contribution in [0.4, 0.5) is 17.2 Å². The Morgan fingerprint density at radius 3 is 2.68 bits per heavy atom. The second-order valence-electron chi connectivity index (χ2n) is 5.88. The summed E-state index contributed by atoms with van der Waals surface area (Å²) >= 11 is 0. The van der Waals surface area contributed by atoms with Crippen molar-refractivity contribution in [2.24, 2.45) is 0 Å². The molecular weight excluding hydrogens is 364 g/mol. The monoisotopic (exact) mass is 382 g/mol. The van der Waals surface area contributed by atoms with Gasteiger partial charge in [-0.05, 0) is 39.0 Å². The van der Waals surface area contributed by atoms with Crippen LogP contribution in [0.5, 0.6) is 0 Å². The molecule has 0 aliphatic rings. The number of nitro groups is 1. The van der Waals surface area contributed by atoms with Gasteiger partial charge in [0.2, 0.25) is 11.6 Å². The number of esters is 1. The zero-order valence-corrected chi connectivity index (χ0v) is 15.5. The average molecular weight is 382 g/mol. The first kappa shape index (κ1) is 19.0. The molecule has 2 aromatic heterocycles. The minimum Gasteiger partial charge on any atom is -0.462 e. The van der Waals surface area contributed by atoms with Crippen LogP contribution < -0.4 is 5.32 Å². The van der Waals surface area contributed by atoms with Gasteiger partial charge >= 0.3 is 11.7 Å². The predicted octanol–water partition coefficient (Wildman–Crippen LogP) is 3.11. The minimum atomic E-state index is -0.582. The molecule has 10 nitrogen and oxygen atoms in total. The van der Waals surface area contributed by atoms with Crippen LogP contribution in [0.2, 0.25) is 0 Å². The molecule has 1 N–H and O–H groups in total. The van der Waals surface area contributed by atoms with Gasteiger partial charge in [-0.2, -0.15) is 5.10 Å². The Kier molecular flexibility index (Phi) is 5.30. The van der Waals surface area contributed by atoms with Gasteiger partial charge in [0, 0.05) is 5.69 Å². The van der Waals surface area contributed by atoms with Gasteiger partial charge in [0.05, 0.1) is 28.5 Å². The van der Waals surface area contributed by atoms with E-state index in [-0.39, 0.29) is 29.5 Å². The van der Waals surface area contributed by atoms with E-state index in [4.69, 9.17) is 4.74 Å². The van der Waals surface area contributed by atoms with E-state index >= 15 is 0 Å². The number of carbonyl (C=O) groups excluding carboxylic acids is 1. The molecule has 2 heterocycles. The van der Waals surface area contributed by atoms with Crippen LogP contribution in [0.25, 0.3) is 5.82 Å². The van der Waals surface area contributed by atoms with Crippen molar-refractivity contribution < 1.29 is 14.5 Å². The molecule has 0 atom stereocenters. The summed E-state index contributed by atoms with van der Waals surface area (Å²) in [6.45, 7) is 5.47. The van der Waals surface area contributed by atoms with E-state index < -0.39 is 10.9 Å². The number of aromatic nitrogens is 4. The third-order valence-corrected chi connectivity index (χ3v) is 3.87. The van der Waals surface area contributed by atoms with Crippen molar-refractivity contribution in [3.05, 3.63) is 63.7 Å². The number of rotatable bonds is 6. The SMILES string of the molecule is CCOC(=O)c1ccccc1Nc1ncnc(-n2nc(C)cc2C)c1[N+](=O)[O-]. The average Bonchev–Trinajstić information content (AvgIpc) is 3.00. The highest BCUT2D eigenvalue weighted by Crippen LogP contribution is 2.31. The zero-order chi connectivity index (χ0) is 20.3. The van der Waals surface area contributed by atoms with E-state index in [9.17, 15) is 14.9 Å². The molecular formula is C18H18N6O4. The van der Waals surface area contributed by atoms with Gasteiger partial charge in [-0.25, -0.2) is 19.4 Å². The lowest BCUT2D eigenvalue weighted by Crippen LogP contribution is -2.12. The third kappa shape index (κ3) is 3.65. The summed E-state index contributed by atoms with van der Waals surface area (Å²) in [6.07, 6.45) is 1.20. The van der Waals surface area contributed by atoms with Crippen molar-refractivity contribution in [3.63, 3.8) is 0 Å². The lowest BCUT2D eigenvalue weighted by molar-refractivity contribution is -0.384. The van der Waals surface area contributed by atoms with Crippen LogP contribution in [-0.2, 0) is 4.74 Å². The van der Waals surface area contributed by atoms with Gasteiger partial charge in [0.1, 0.15) is 6.33 Å². The first-order valence-corrected chi connectivity index (χ1v) is 8.48. The number of nitrogens with one attached hydrogen (secondary N) is 1. The van der Waals surface area contributed by atoms with Gasteiger partial charge in [0.15, 0.2) is 0 Å². The molecule has 10 heteroatoms. The summed E-state index contributed by atoms with van der Waals surface area (Å²) in [5.41, 5.74) is 1.61. The number of para-hydroxylation sites is 1. The van der Waals surface area contributed by atoms with Gasteiger partial charge in [-0.1, -0.05) is 12.1 Å². The highest BCUT2D eigenvalue weighted by Gasteiger charge is 2.27. The number of anilines is 2. The smallest absolute Gasteiger partial charge is 0.355 e. The molecule has 0 unspecified atom stereocenters. The Labute approximate surface area is 160 Å². The van der Waals surface area contributed by atoms with Gasteiger partial charge in [-0.15, -0.1) is 0 Å². The van der Waals surface area contributed by atoms with E-state index in [1.54, 1.807) is 51.1 Å². The van der Waals surface area contributed by atoms with Crippen LogP contribution in [0.1, 0.15) is 28.7 Å². The molecule has 0 fully saturated rings. The molecule has 0 spiro atoms. The molecule has 0 aliphatic heterocycles. The summed E-state index contributed by atoms with van der Waals surface area (Å²) in [6, 6.07) is 8.33. The van der Waals surface area contributed by atoms with Crippen LogP contribution in [0, 0.1) is 24.0 Å². The van der Waals surface area contributed by atoms with Gasteiger partial charge in [-0.3, -0.25) is 10.1 Å². The number of hydrogen-bond acceptors (Lipinski definition) is 8. The molecule has 1 aromatic carbocycles. The Bertz CT molecular complexity index is 1050. The third-order valence-electron chi connectivity index (χ3n) is 3.87. The number of aryl methyl sites for hydroxylation is 2. The second kappa shape index (κ2) is 7.82. The van der Waals surface area contributed by atoms with Crippen LogP contribution in [0.15, 0.2) is 36.7 Å². The van der Waals surface area contributed by atoms with E-state index in [2.05, 4.69) is 20.4 Å². The molecule has 0 radical (unpaired) electrons. The summed E-state index contributed by atoms with van der Waals surface area (Å²) in [5.74, 6) is -0.568. The number of ether oxygens (including phenoxy) is 1. The molecule has 0 saturated carbocycles. The lowest BCUT2D eigenvalue weighted by Gasteiger charge is -2.12. The number of benzene rings is 1. The Morgan fingerprint density at radius 1 is 1.29 bits per heavy atom. The Balaban J connectivity index is 2.10. The summed E-state index contributed by atoms with van der Waals surface area (Å²) in [7, 11) is 0. The fraction of sp³-hybridized carbons (Fsp3) is 0.222. The molecule has 3 rings (SSSR count). The first-order chi connectivity index (χ1) is 13.4. The lowest BCUT2D eigenvalue weighted by atomic mass is 10.2. The molecule has 144 valence electrons. The fourth-order valence-electron chi connectivity index (χ4n) is 2.73. The molecule has 28 heavy (non-hydrogen) atoms. The van der Waals surface area contributed by atoms with E-state index in [1.807, 2.05) is 0 Å². The Hall–Kier alpha value is -3.82. The van der Waals surface area contributed by atoms with Crippen molar-refractivity contribution >= 4 is 23.2 Å². The number of carbonyl (C=O) groups is 1. The Morgan fingerprint density at radius 2 is 2.04 bits per heavy atom. The molecule has 0 saturated heterocycles. The quantitative estimate of drug-likeness (QED) is 0.392. The zero-order valence-electron chi connectivity index (χ0n) is 15.5. The summed E-state index contributed by atoms with van der Waals surface area (Å²) in [5, 5.41) is 18.9. The molecule has 3 aromatic rings. The van der Waals surface area contributed by atoms with Crippen LogP contribution >= 0.6 is 0 Å². The largest absolute Gasteiger partial charge is 0.462 e. The maximum Gasteiger partial charge on any atom is 0.355 e. The summed E-state index contributed by atoms with van der Waals surface area (Å²) < 4.78 is 6.42. The van der Waals surface area contributed by atoms with Crippen molar-refractivity contribution in [2.45, 2.75) is 20.8 Å². The maximum atomic E-state index is 12.2. The number of hydrogen-bond donors (Lipinski definition) is 1. The first-order valence-electron chi connectivity index (χ1n) is 8.48. The fourth-order valence-corrected chi connectivity index (χ4v) is 2.73. The van der Waals surface area contributed by atoms with Crippen molar-refractivity contribution in [3.8, 4) is 5.82 Å². The second-order valence-corrected chi connectivity index (χ2v) is 5.88. The van der Waals surface area contributed by atoms with Crippen molar-refractivity contribution in [1.82, 2.24) is 19.7 Å². The normalized spacial score (nSPS) is 10.5. The standard InChI is InChI=1S/C18H18N6O4/c1-4-28-18(25)13-7-5-6-8-14(13)21-16-15(24(26)27)17(20-10-19-16)23-12(3)9-11(2)22-23/h5-10H,4H2,1-3H3,(H,19,20,21). The molecule has 0 aliphatic carbocycles. The van der Waals surface area contributed by atoms with E-state index in [0.717, 1.165) is 0 Å². The van der Waals surface area contributed by atoms with Crippen molar-refractivity contribution in [2.75, 3.05) is 11.9 Å².